The summed E-state index contributed by atoms with van der Waals surface area (Å²) in [5.41, 5.74) is -0.900. The Balaban J connectivity index is 2.16. The van der Waals surface area contributed by atoms with Crippen molar-refractivity contribution < 1.29 is 38.3 Å². The Hall–Kier alpha value is -3.44. The number of nitrogens with one attached hydrogen (secondary N) is 2. The lowest BCUT2D eigenvalue weighted by Crippen LogP contribution is -2.47. The van der Waals surface area contributed by atoms with Crippen molar-refractivity contribution >= 4 is 36.2 Å². The molecule has 0 unspecified atom stereocenters. The zero-order valence-electron chi connectivity index (χ0n) is 21.2. The Morgan fingerprint density at radius 2 is 1.53 bits per heavy atom. The molecule has 0 spiro atoms. The van der Waals surface area contributed by atoms with Crippen LogP contribution in [0.4, 0.5) is 14.9 Å². The summed E-state index contributed by atoms with van der Waals surface area (Å²) >= 11 is 0. The van der Waals surface area contributed by atoms with E-state index in [1.165, 1.54) is 18.2 Å². The Kier molecular flexibility index (Phi) is 9.23. The molecular weight excluding hydrogens is 470 g/mol. The number of hydrogen-bond donors (Lipinski definition) is 4. The van der Waals surface area contributed by atoms with E-state index in [9.17, 15) is 28.8 Å². The Labute approximate surface area is 210 Å². The molecule has 0 radical (unpaired) electrons. The molecule has 9 nitrogen and oxygen atoms in total. The highest BCUT2D eigenvalue weighted by atomic mass is 19.1. The fourth-order valence-electron chi connectivity index (χ4n) is 3.04. The van der Waals surface area contributed by atoms with Crippen LogP contribution in [0.25, 0.3) is 0 Å². The van der Waals surface area contributed by atoms with Gasteiger partial charge < -0.3 is 30.2 Å². The van der Waals surface area contributed by atoms with Crippen molar-refractivity contribution in [3.63, 3.8) is 0 Å². The number of alkyl carbamates (subject to hydrolysis) is 1. The fourth-order valence-corrected chi connectivity index (χ4v) is 3.04. The molecule has 0 aliphatic rings. The van der Waals surface area contributed by atoms with Crippen molar-refractivity contribution in [1.29, 1.82) is 0 Å². The van der Waals surface area contributed by atoms with E-state index < -0.39 is 48.1 Å². The number of rotatable bonds is 7. The lowest BCUT2D eigenvalue weighted by Gasteiger charge is -2.26. The van der Waals surface area contributed by atoms with Crippen LogP contribution in [-0.2, 0) is 20.7 Å². The first-order valence-electron chi connectivity index (χ1n) is 11.3. The van der Waals surface area contributed by atoms with Crippen molar-refractivity contribution in [1.82, 2.24) is 5.32 Å². The van der Waals surface area contributed by atoms with Gasteiger partial charge in [0, 0.05) is 12.0 Å². The predicted octanol–water partition coefficient (Wildman–Crippen LogP) is 2.54. The molecule has 11 heteroatoms. The standard InChI is InChI=1S/C25H32BFN2O7/c1-24(2,3)35-22(31)20(29-23(32)36-25(4,5)6)13-15-7-9-16(10-8-15)21(30)28-19-14-17(26(33)34)11-12-18(19)27/h7-12,14,20,33-34H,13H2,1-6H3,(H,28,30)(H,29,32)/t20-/m0/s1. The maximum Gasteiger partial charge on any atom is 0.488 e. The van der Waals surface area contributed by atoms with Crippen LogP contribution in [0.2, 0.25) is 0 Å². The van der Waals surface area contributed by atoms with Gasteiger partial charge in [0.05, 0.1) is 5.69 Å². The molecule has 0 fully saturated rings. The second-order valence-electron chi connectivity index (χ2n) is 10.2. The Morgan fingerprint density at radius 3 is 2.06 bits per heavy atom. The van der Waals surface area contributed by atoms with E-state index in [0.717, 1.165) is 12.1 Å². The van der Waals surface area contributed by atoms with Gasteiger partial charge in [-0.15, -0.1) is 0 Å². The van der Waals surface area contributed by atoms with Gasteiger partial charge in [-0.1, -0.05) is 18.2 Å². The summed E-state index contributed by atoms with van der Waals surface area (Å²) in [7, 11) is -1.81. The van der Waals surface area contributed by atoms with Crippen LogP contribution in [0.5, 0.6) is 0 Å². The van der Waals surface area contributed by atoms with Gasteiger partial charge in [-0.3, -0.25) is 4.79 Å². The van der Waals surface area contributed by atoms with Crippen molar-refractivity contribution in [2.75, 3.05) is 5.32 Å². The molecule has 0 bridgehead atoms. The SMILES string of the molecule is CC(C)(C)OC(=O)N[C@@H](Cc1ccc(C(=O)Nc2cc(B(O)O)ccc2F)cc1)C(=O)OC(C)(C)C. The molecule has 2 aromatic rings. The third kappa shape index (κ3) is 9.31. The average Bonchev–Trinajstić information content (AvgIpc) is 2.72. The number of carbonyl (C=O) groups is 3. The zero-order chi connectivity index (χ0) is 27.3. The van der Waals surface area contributed by atoms with E-state index in [1.807, 2.05) is 0 Å². The number of benzene rings is 2. The van der Waals surface area contributed by atoms with Gasteiger partial charge in [-0.05, 0) is 76.8 Å². The molecule has 0 saturated heterocycles. The van der Waals surface area contributed by atoms with Gasteiger partial charge in [0.1, 0.15) is 23.1 Å². The molecule has 36 heavy (non-hydrogen) atoms. The number of anilines is 1. The summed E-state index contributed by atoms with van der Waals surface area (Å²) in [5.74, 6) is -2.00. The molecule has 0 aliphatic carbocycles. The van der Waals surface area contributed by atoms with Crippen molar-refractivity contribution in [2.24, 2.45) is 0 Å². The average molecular weight is 502 g/mol. The van der Waals surface area contributed by atoms with Gasteiger partial charge in [-0.2, -0.15) is 0 Å². The minimum atomic E-state index is -1.81. The summed E-state index contributed by atoms with van der Waals surface area (Å²) in [6.45, 7) is 10.2. The molecule has 0 saturated carbocycles. The molecule has 0 heterocycles. The first kappa shape index (κ1) is 28.8. The quantitative estimate of drug-likeness (QED) is 0.338. The number of hydrogen-bond acceptors (Lipinski definition) is 7. The first-order valence-corrected chi connectivity index (χ1v) is 11.3. The van der Waals surface area contributed by atoms with Crippen LogP contribution in [-0.4, -0.2) is 52.4 Å². The molecule has 194 valence electrons. The topological polar surface area (TPSA) is 134 Å². The smallest absolute Gasteiger partial charge is 0.458 e. The summed E-state index contributed by atoms with van der Waals surface area (Å²) in [5, 5.41) is 23.4. The molecular formula is C25H32BFN2O7. The second kappa shape index (κ2) is 11.5. The van der Waals surface area contributed by atoms with E-state index in [0.29, 0.717) is 5.56 Å². The highest BCUT2D eigenvalue weighted by Gasteiger charge is 2.29. The van der Waals surface area contributed by atoms with Crippen molar-refractivity contribution in [2.45, 2.75) is 65.2 Å². The highest BCUT2D eigenvalue weighted by Crippen LogP contribution is 2.16. The number of amides is 2. The van der Waals surface area contributed by atoms with E-state index in [2.05, 4.69) is 10.6 Å². The minimum absolute atomic E-state index is 0.0210. The van der Waals surface area contributed by atoms with E-state index in [1.54, 1.807) is 53.7 Å². The molecule has 0 aromatic heterocycles. The molecule has 1 atom stereocenters. The van der Waals surface area contributed by atoms with Gasteiger partial charge in [0.2, 0.25) is 0 Å². The molecule has 2 amide bonds. The van der Waals surface area contributed by atoms with Gasteiger partial charge in [0.25, 0.3) is 5.91 Å². The monoisotopic (exact) mass is 502 g/mol. The first-order chi connectivity index (χ1) is 16.5. The Bertz CT molecular complexity index is 1090. The van der Waals surface area contributed by atoms with Crippen LogP contribution in [0.3, 0.4) is 0 Å². The second-order valence-corrected chi connectivity index (χ2v) is 10.2. The molecule has 4 N–H and O–H groups in total. The fraction of sp³-hybridized carbons (Fsp3) is 0.400. The van der Waals surface area contributed by atoms with Gasteiger partial charge in [-0.25, -0.2) is 14.0 Å². The normalized spacial score (nSPS) is 12.4. The maximum absolute atomic E-state index is 14.1. The number of esters is 1. The largest absolute Gasteiger partial charge is 0.488 e. The molecule has 2 rings (SSSR count). The summed E-state index contributed by atoms with van der Waals surface area (Å²) in [6, 6.07) is 8.43. The number of carbonyl (C=O) groups excluding carboxylic acids is 3. The van der Waals surface area contributed by atoms with Crippen LogP contribution in [0.15, 0.2) is 42.5 Å². The van der Waals surface area contributed by atoms with E-state index >= 15 is 0 Å². The zero-order valence-corrected chi connectivity index (χ0v) is 21.2. The van der Waals surface area contributed by atoms with Crippen LogP contribution < -0.4 is 16.1 Å². The highest BCUT2D eigenvalue weighted by molar-refractivity contribution is 6.58. The summed E-state index contributed by atoms with van der Waals surface area (Å²) < 4.78 is 24.7. The summed E-state index contributed by atoms with van der Waals surface area (Å²) in [4.78, 5) is 37.6. The van der Waals surface area contributed by atoms with Gasteiger partial charge >= 0.3 is 19.2 Å². The minimum Gasteiger partial charge on any atom is -0.458 e. The Morgan fingerprint density at radius 1 is 0.944 bits per heavy atom. The van der Waals surface area contributed by atoms with Crippen molar-refractivity contribution in [3.8, 4) is 0 Å². The van der Waals surface area contributed by atoms with E-state index in [4.69, 9.17) is 9.47 Å². The molecule has 0 aliphatic heterocycles. The number of ether oxygens (including phenoxy) is 2. The third-order valence-corrected chi connectivity index (χ3v) is 4.57. The molecule has 2 aromatic carbocycles. The summed E-state index contributed by atoms with van der Waals surface area (Å²) in [6.07, 6.45) is -0.701. The number of halogens is 1. The van der Waals surface area contributed by atoms with Crippen LogP contribution in [0, 0.1) is 5.82 Å². The van der Waals surface area contributed by atoms with Crippen LogP contribution >= 0.6 is 0 Å². The lowest BCUT2D eigenvalue weighted by atomic mass is 9.80. The van der Waals surface area contributed by atoms with Crippen LogP contribution in [0.1, 0.15) is 57.5 Å². The predicted molar refractivity (Wildman–Crippen MR) is 133 cm³/mol. The van der Waals surface area contributed by atoms with Gasteiger partial charge in [0.15, 0.2) is 0 Å². The van der Waals surface area contributed by atoms with Crippen molar-refractivity contribution in [3.05, 3.63) is 59.4 Å². The third-order valence-electron chi connectivity index (χ3n) is 4.57. The lowest BCUT2D eigenvalue weighted by molar-refractivity contribution is -0.157. The maximum atomic E-state index is 14.1. The van der Waals surface area contributed by atoms with E-state index in [-0.39, 0.29) is 23.1 Å².